The van der Waals surface area contributed by atoms with Crippen LogP contribution in [0.3, 0.4) is 0 Å². The van der Waals surface area contributed by atoms with Crippen molar-refractivity contribution >= 4 is 11.9 Å². The van der Waals surface area contributed by atoms with Gasteiger partial charge >= 0.3 is 0 Å². The van der Waals surface area contributed by atoms with E-state index in [0.717, 1.165) is 0 Å². The third-order valence-electron chi connectivity index (χ3n) is 4.68. The Labute approximate surface area is 159 Å². The first kappa shape index (κ1) is 19.1. The second-order valence-electron chi connectivity index (χ2n) is 7.22. The van der Waals surface area contributed by atoms with E-state index < -0.39 is 6.10 Å². The number of phenolic OH excluding ortho intramolecular Hbond substituents is 1. The van der Waals surface area contributed by atoms with Gasteiger partial charge in [-0.2, -0.15) is 0 Å². The van der Waals surface area contributed by atoms with Gasteiger partial charge in [0.25, 0.3) is 5.91 Å². The van der Waals surface area contributed by atoms with Crippen molar-refractivity contribution in [2.75, 3.05) is 31.1 Å². The fourth-order valence-corrected chi connectivity index (χ4v) is 3.23. The first-order valence-corrected chi connectivity index (χ1v) is 9.29. The molecule has 7 heteroatoms. The number of aromatic hydroxyl groups is 1. The van der Waals surface area contributed by atoms with Crippen LogP contribution >= 0.6 is 0 Å². The fourth-order valence-electron chi connectivity index (χ4n) is 3.23. The molecule has 27 heavy (non-hydrogen) atoms. The Hall–Kier alpha value is -2.67. The molecule has 1 fully saturated rings. The number of phenols is 1. The van der Waals surface area contributed by atoms with Crippen molar-refractivity contribution in [2.45, 2.75) is 26.4 Å². The van der Waals surface area contributed by atoms with Gasteiger partial charge < -0.3 is 20.0 Å². The number of hydrogen-bond donors (Lipinski definition) is 2. The molecule has 1 aromatic heterocycles. The van der Waals surface area contributed by atoms with Crippen molar-refractivity contribution in [1.29, 1.82) is 0 Å². The molecule has 1 atom stereocenters. The molecule has 0 saturated carbocycles. The van der Waals surface area contributed by atoms with Crippen LogP contribution in [0.4, 0.5) is 5.95 Å². The maximum absolute atomic E-state index is 12.4. The molecule has 0 bridgehead atoms. The van der Waals surface area contributed by atoms with Gasteiger partial charge in [0.2, 0.25) is 5.95 Å². The molecule has 1 amide bonds. The van der Waals surface area contributed by atoms with Crippen LogP contribution in [0.2, 0.25) is 0 Å². The molecule has 2 N–H and O–H groups in total. The summed E-state index contributed by atoms with van der Waals surface area (Å²) in [6.07, 6.45) is 1.22. The molecular weight excluding hydrogens is 344 g/mol. The Bertz CT molecular complexity index is 788. The lowest BCUT2D eigenvalue weighted by molar-refractivity contribution is -0.141. The SMILES string of the molecule is CC(C)C[C@@H](O)C(=O)N1CCN(c2nccc(-c3ccccc3O)n2)CC1. The number of aromatic nitrogens is 2. The summed E-state index contributed by atoms with van der Waals surface area (Å²) < 4.78 is 0. The summed E-state index contributed by atoms with van der Waals surface area (Å²) in [6.45, 7) is 6.23. The van der Waals surface area contributed by atoms with Gasteiger partial charge in [-0.1, -0.05) is 26.0 Å². The summed E-state index contributed by atoms with van der Waals surface area (Å²) in [5.41, 5.74) is 1.32. The lowest BCUT2D eigenvalue weighted by Crippen LogP contribution is -2.52. The Morgan fingerprint density at radius 1 is 1.15 bits per heavy atom. The summed E-state index contributed by atoms with van der Waals surface area (Å²) in [5, 5.41) is 20.1. The third-order valence-corrected chi connectivity index (χ3v) is 4.68. The van der Waals surface area contributed by atoms with Gasteiger partial charge in [-0.15, -0.1) is 0 Å². The fraction of sp³-hybridized carbons (Fsp3) is 0.450. The molecule has 7 nitrogen and oxygen atoms in total. The molecule has 1 aliphatic heterocycles. The van der Waals surface area contributed by atoms with Crippen molar-refractivity contribution in [2.24, 2.45) is 5.92 Å². The van der Waals surface area contributed by atoms with Crippen molar-refractivity contribution in [3.05, 3.63) is 36.5 Å². The molecule has 1 aliphatic rings. The molecule has 0 aliphatic carbocycles. The minimum atomic E-state index is -0.933. The zero-order valence-corrected chi connectivity index (χ0v) is 15.7. The van der Waals surface area contributed by atoms with Gasteiger partial charge in [-0.3, -0.25) is 4.79 Å². The molecular formula is C20H26N4O3. The zero-order chi connectivity index (χ0) is 19.4. The van der Waals surface area contributed by atoms with Crippen molar-refractivity contribution < 1.29 is 15.0 Å². The number of nitrogens with zero attached hydrogens (tertiary/aromatic N) is 4. The van der Waals surface area contributed by atoms with E-state index in [-0.39, 0.29) is 17.6 Å². The number of para-hydroxylation sites is 1. The Morgan fingerprint density at radius 3 is 2.52 bits per heavy atom. The van der Waals surface area contributed by atoms with E-state index in [1.54, 1.807) is 29.3 Å². The Kier molecular flexibility index (Phi) is 5.91. The zero-order valence-electron chi connectivity index (χ0n) is 15.7. The number of carbonyl (C=O) groups excluding carboxylic acids is 1. The molecule has 0 radical (unpaired) electrons. The average molecular weight is 370 g/mol. The summed E-state index contributed by atoms with van der Waals surface area (Å²) >= 11 is 0. The van der Waals surface area contributed by atoms with Gasteiger partial charge in [-0.25, -0.2) is 9.97 Å². The molecule has 0 unspecified atom stereocenters. The van der Waals surface area contributed by atoms with Gasteiger partial charge in [0.15, 0.2) is 0 Å². The topological polar surface area (TPSA) is 89.8 Å². The maximum atomic E-state index is 12.4. The second kappa shape index (κ2) is 8.35. The van der Waals surface area contributed by atoms with E-state index in [0.29, 0.717) is 49.8 Å². The Balaban J connectivity index is 1.66. The summed E-state index contributed by atoms with van der Waals surface area (Å²) in [5.74, 6) is 0.824. The first-order valence-electron chi connectivity index (χ1n) is 9.29. The quantitative estimate of drug-likeness (QED) is 0.836. The van der Waals surface area contributed by atoms with Crippen LogP contribution in [0.5, 0.6) is 5.75 Å². The maximum Gasteiger partial charge on any atom is 0.251 e. The minimum absolute atomic E-state index is 0.178. The van der Waals surface area contributed by atoms with Crippen LogP contribution in [0.25, 0.3) is 11.3 Å². The number of hydrogen-bond acceptors (Lipinski definition) is 6. The Morgan fingerprint density at radius 2 is 1.85 bits per heavy atom. The molecule has 2 heterocycles. The third kappa shape index (κ3) is 4.54. The lowest BCUT2D eigenvalue weighted by Gasteiger charge is -2.35. The first-order chi connectivity index (χ1) is 13.0. The average Bonchev–Trinajstić information content (AvgIpc) is 2.67. The van der Waals surface area contributed by atoms with E-state index in [2.05, 4.69) is 9.97 Å². The van der Waals surface area contributed by atoms with E-state index >= 15 is 0 Å². The smallest absolute Gasteiger partial charge is 0.251 e. The van der Waals surface area contributed by atoms with Gasteiger partial charge in [0.05, 0.1) is 5.69 Å². The largest absolute Gasteiger partial charge is 0.507 e. The number of benzene rings is 1. The van der Waals surface area contributed by atoms with E-state index in [9.17, 15) is 15.0 Å². The highest BCUT2D eigenvalue weighted by Gasteiger charge is 2.27. The predicted octanol–water partition coefficient (Wildman–Crippen LogP) is 1.90. The molecule has 3 rings (SSSR count). The minimum Gasteiger partial charge on any atom is -0.507 e. The molecule has 1 aromatic carbocycles. The standard InChI is InChI=1S/C20H26N4O3/c1-14(2)13-18(26)19(27)23-9-11-24(12-10-23)20-21-8-7-16(22-20)15-5-3-4-6-17(15)25/h3-8,14,18,25-26H,9-13H2,1-2H3/t18-/m1/s1. The van der Waals surface area contributed by atoms with Crippen LogP contribution in [-0.4, -0.2) is 63.3 Å². The lowest BCUT2D eigenvalue weighted by atomic mass is 10.0. The van der Waals surface area contributed by atoms with Crippen LogP contribution in [0.1, 0.15) is 20.3 Å². The molecule has 0 spiro atoms. The molecule has 2 aromatic rings. The van der Waals surface area contributed by atoms with E-state index in [1.165, 1.54) is 0 Å². The van der Waals surface area contributed by atoms with Gasteiger partial charge in [0, 0.05) is 37.9 Å². The summed E-state index contributed by atoms with van der Waals surface area (Å²) in [6, 6.07) is 8.83. The number of carbonyl (C=O) groups is 1. The van der Waals surface area contributed by atoms with Crippen LogP contribution in [0, 0.1) is 5.92 Å². The molecule has 144 valence electrons. The van der Waals surface area contributed by atoms with E-state index in [1.807, 2.05) is 30.9 Å². The number of piperazine rings is 1. The highest BCUT2D eigenvalue weighted by atomic mass is 16.3. The summed E-state index contributed by atoms with van der Waals surface area (Å²) in [4.78, 5) is 25.0. The highest BCUT2D eigenvalue weighted by molar-refractivity contribution is 5.81. The number of anilines is 1. The monoisotopic (exact) mass is 370 g/mol. The predicted molar refractivity (Wildman–Crippen MR) is 103 cm³/mol. The van der Waals surface area contributed by atoms with Crippen molar-refractivity contribution in [3.63, 3.8) is 0 Å². The van der Waals surface area contributed by atoms with Gasteiger partial charge in [0.1, 0.15) is 11.9 Å². The second-order valence-corrected chi connectivity index (χ2v) is 7.22. The van der Waals surface area contributed by atoms with Crippen LogP contribution in [0.15, 0.2) is 36.5 Å². The van der Waals surface area contributed by atoms with Crippen LogP contribution < -0.4 is 4.90 Å². The molecule has 1 saturated heterocycles. The van der Waals surface area contributed by atoms with Crippen molar-refractivity contribution in [3.8, 4) is 17.0 Å². The van der Waals surface area contributed by atoms with E-state index in [4.69, 9.17) is 0 Å². The number of aliphatic hydroxyl groups excluding tert-OH is 1. The normalized spacial score (nSPS) is 15.9. The number of aliphatic hydroxyl groups is 1. The number of rotatable bonds is 5. The van der Waals surface area contributed by atoms with Crippen LogP contribution in [-0.2, 0) is 4.79 Å². The highest BCUT2D eigenvalue weighted by Crippen LogP contribution is 2.27. The summed E-state index contributed by atoms with van der Waals surface area (Å²) in [7, 11) is 0. The van der Waals surface area contributed by atoms with Crippen molar-refractivity contribution in [1.82, 2.24) is 14.9 Å². The number of amides is 1. The van der Waals surface area contributed by atoms with Gasteiger partial charge in [-0.05, 0) is 30.5 Å².